The van der Waals surface area contributed by atoms with Crippen LogP contribution >= 0.6 is 0 Å². The normalized spacial score (nSPS) is 10.5. The summed E-state index contributed by atoms with van der Waals surface area (Å²) >= 11 is 0. The van der Waals surface area contributed by atoms with E-state index in [1.54, 1.807) is 0 Å². The first-order valence-corrected chi connectivity index (χ1v) is 10.8. The van der Waals surface area contributed by atoms with Crippen LogP contribution in [0, 0.1) is 0 Å². The lowest BCUT2D eigenvalue weighted by molar-refractivity contribution is 1.51. The van der Waals surface area contributed by atoms with Crippen molar-refractivity contribution < 1.29 is 0 Å². The van der Waals surface area contributed by atoms with Gasteiger partial charge < -0.3 is 10.6 Å². The van der Waals surface area contributed by atoms with Crippen molar-refractivity contribution in [3.63, 3.8) is 0 Å². The molecule has 0 aliphatic rings. The van der Waals surface area contributed by atoms with Gasteiger partial charge in [-0.15, -0.1) is 0 Å². The standard InChI is InChI=1S/C30H24N2/c1-3-8-23(9-4-1)25-14-18-27(19-15-25)31-29-12-7-13-30(22-29)32-28-20-16-26(17-21-28)24-10-5-2-6-11-24/h1-22,31-32H. The van der Waals surface area contributed by atoms with E-state index in [0.29, 0.717) is 0 Å². The highest BCUT2D eigenvalue weighted by Crippen LogP contribution is 2.27. The van der Waals surface area contributed by atoms with Gasteiger partial charge in [0.05, 0.1) is 0 Å². The van der Waals surface area contributed by atoms with Crippen molar-refractivity contribution in [1.82, 2.24) is 0 Å². The van der Waals surface area contributed by atoms with E-state index in [4.69, 9.17) is 0 Å². The Labute approximate surface area is 189 Å². The van der Waals surface area contributed by atoms with Crippen molar-refractivity contribution in [3.8, 4) is 22.3 Å². The third-order valence-corrected chi connectivity index (χ3v) is 5.42. The van der Waals surface area contributed by atoms with Crippen LogP contribution in [0.1, 0.15) is 0 Å². The van der Waals surface area contributed by atoms with Gasteiger partial charge in [0, 0.05) is 22.7 Å². The molecule has 2 nitrogen and oxygen atoms in total. The summed E-state index contributed by atoms with van der Waals surface area (Å²) in [6, 6.07) is 46.2. The molecule has 0 heterocycles. The number of hydrogen-bond donors (Lipinski definition) is 2. The molecule has 5 aromatic carbocycles. The van der Waals surface area contributed by atoms with E-state index in [1.807, 2.05) is 12.1 Å². The third kappa shape index (κ3) is 4.71. The van der Waals surface area contributed by atoms with Crippen LogP contribution in [0.15, 0.2) is 133 Å². The summed E-state index contributed by atoms with van der Waals surface area (Å²) in [7, 11) is 0. The van der Waals surface area contributed by atoms with E-state index in [9.17, 15) is 0 Å². The van der Waals surface area contributed by atoms with Gasteiger partial charge in [0.2, 0.25) is 0 Å². The lowest BCUT2D eigenvalue weighted by Crippen LogP contribution is -1.94. The Kier molecular flexibility index (Phi) is 5.67. The minimum absolute atomic E-state index is 1.04. The minimum atomic E-state index is 1.04. The maximum absolute atomic E-state index is 3.50. The van der Waals surface area contributed by atoms with E-state index in [2.05, 4.69) is 132 Å². The second-order valence-corrected chi connectivity index (χ2v) is 7.72. The molecule has 32 heavy (non-hydrogen) atoms. The van der Waals surface area contributed by atoms with Crippen LogP contribution in [0.4, 0.5) is 22.7 Å². The molecule has 0 radical (unpaired) electrons. The van der Waals surface area contributed by atoms with Gasteiger partial charge in [0.15, 0.2) is 0 Å². The second kappa shape index (κ2) is 9.23. The lowest BCUT2D eigenvalue weighted by atomic mass is 10.1. The van der Waals surface area contributed by atoms with Crippen molar-refractivity contribution >= 4 is 22.7 Å². The second-order valence-electron chi connectivity index (χ2n) is 7.72. The van der Waals surface area contributed by atoms with Crippen molar-refractivity contribution in [1.29, 1.82) is 0 Å². The Morgan fingerprint density at radius 2 is 0.656 bits per heavy atom. The molecule has 5 rings (SSSR count). The summed E-state index contributed by atoms with van der Waals surface area (Å²) in [6.07, 6.45) is 0. The Morgan fingerprint density at radius 3 is 1.06 bits per heavy atom. The van der Waals surface area contributed by atoms with Gasteiger partial charge in [-0.25, -0.2) is 0 Å². The summed E-state index contributed by atoms with van der Waals surface area (Å²) in [5.41, 5.74) is 9.10. The highest BCUT2D eigenvalue weighted by molar-refractivity contribution is 5.72. The van der Waals surface area contributed by atoms with Crippen LogP contribution in [-0.2, 0) is 0 Å². The highest BCUT2D eigenvalue weighted by atomic mass is 14.9. The maximum Gasteiger partial charge on any atom is 0.0405 e. The summed E-state index contributed by atoms with van der Waals surface area (Å²) in [4.78, 5) is 0. The molecule has 0 aliphatic heterocycles. The van der Waals surface area contributed by atoms with Crippen LogP contribution in [-0.4, -0.2) is 0 Å². The van der Waals surface area contributed by atoms with Gasteiger partial charge in [-0.3, -0.25) is 0 Å². The molecule has 0 aliphatic carbocycles. The molecule has 2 heteroatoms. The molecule has 0 spiro atoms. The smallest absolute Gasteiger partial charge is 0.0405 e. The molecule has 154 valence electrons. The number of rotatable bonds is 6. The van der Waals surface area contributed by atoms with Crippen molar-refractivity contribution in [2.24, 2.45) is 0 Å². The first-order valence-electron chi connectivity index (χ1n) is 10.8. The van der Waals surface area contributed by atoms with E-state index < -0.39 is 0 Å². The fraction of sp³-hybridized carbons (Fsp3) is 0. The van der Waals surface area contributed by atoms with Gasteiger partial charge in [0.1, 0.15) is 0 Å². The molecule has 0 atom stereocenters. The zero-order chi connectivity index (χ0) is 21.6. The van der Waals surface area contributed by atoms with Crippen LogP contribution in [0.2, 0.25) is 0 Å². The molecular weight excluding hydrogens is 388 g/mol. The SMILES string of the molecule is c1ccc(-c2ccc(Nc3cccc(Nc4ccc(-c5ccccc5)cc4)c3)cc2)cc1. The number of nitrogens with one attached hydrogen (secondary N) is 2. The molecule has 0 amide bonds. The molecule has 0 aromatic heterocycles. The van der Waals surface area contributed by atoms with Gasteiger partial charge in [-0.05, 0) is 64.7 Å². The Hall–Kier alpha value is -4.30. The summed E-state index contributed by atoms with van der Waals surface area (Å²) in [5.74, 6) is 0. The fourth-order valence-corrected chi connectivity index (χ4v) is 3.76. The number of benzene rings is 5. The summed E-state index contributed by atoms with van der Waals surface area (Å²) < 4.78 is 0. The zero-order valence-corrected chi connectivity index (χ0v) is 17.7. The molecule has 0 saturated carbocycles. The van der Waals surface area contributed by atoms with Gasteiger partial charge in [0.25, 0.3) is 0 Å². The van der Waals surface area contributed by atoms with Crippen molar-refractivity contribution in [2.45, 2.75) is 0 Å². The van der Waals surface area contributed by atoms with Crippen molar-refractivity contribution in [2.75, 3.05) is 10.6 Å². The Bertz CT molecular complexity index is 1180. The lowest BCUT2D eigenvalue weighted by Gasteiger charge is -2.12. The van der Waals surface area contributed by atoms with E-state index in [-0.39, 0.29) is 0 Å². The van der Waals surface area contributed by atoms with Crippen LogP contribution < -0.4 is 10.6 Å². The number of anilines is 4. The van der Waals surface area contributed by atoms with Crippen molar-refractivity contribution in [3.05, 3.63) is 133 Å². The van der Waals surface area contributed by atoms with Gasteiger partial charge in [-0.2, -0.15) is 0 Å². The van der Waals surface area contributed by atoms with E-state index >= 15 is 0 Å². The zero-order valence-electron chi connectivity index (χ0n) is 17.7. The predicted molar refractivity (Wildman–Crippen MR) is 137 cm³/mol. The monoisotopic (exact) mass is 412 g/mol. The Morgan fingerprint density at radius 1 is 0.281 bits per heavy atom. The molecule has 0 bridgehead atoms. The summed E-state index contributed by atoms with van der Waals surface area (Å²) in [5, 5.41) is 7.00. The highest BCUT2D eigenvalue weighted by Gasteiger charge is 2.02. The average Bonchev–Trinajstić information content (AvgIpc) is 2.86. The third-order valence-electron chi connectivity index (χ3n) is 5.42. The first kappa shape index (κ1) is 19.7. The minimum Gasteiger partial charge on any atom is -0.355 e. The van der Waals surface area contributed by atoms with Gasteiger partial charge in [-0.1, -0.05) is 91.0 Å². The molecule has 0 fully saturated rings. The average molecular weight is 413 g/mol. The molecule has 2 N–H and O–H groups in total. The topological polar surface area (TPSA) is 24.1 Å². The predicted octanol–water partition coefficient (Wildman–Crippen LogP) is 8.51. The maximum atomic E-state index is 3.50. The fourth-order valence-electron chi connectivity index (χ4n) is 3.76. The van der Waals surface area contributed by atoms with E-state index in [0.717, 1.165) is 22.7 Å². The Balaban J connectivity index is 1.27. The molecule has 0 unspecified atom stereocenters. The largest absolute Gasteiger partial charge is 0.355 e. The van der Waals surface area contributed by atoms with E-state index in [1.165, 1.54) is 22.3 Å². The van der Waals surface area contributed by atoms with Gasteiger partial charge >= 0.3 is 0 Å². The van der Waals surface area contributed by atoms with Crippen LogP contribution in [0.5, 0.6) is 0 Å². The first-order chi connectivity index (χ1) is 15.8. The van der Waals surface area contributed by atoms with Crippen LogP contribution in [0.25, 0.3) is 22.3 Å². The van der Waals surface area contributed by atoms with Crippen LogP contribution in [0.3, 0.4) is 0 Å². The number of hydrogen-bond acceptors (Lipinski definition) is 2. The molecule has 0 saturated heterocycles. The molecular formula is C30H24N2. The summed E-state index contributed by atoms with van der Waals surface area (Å²) in [6.45, 7) is 0. The molecule has 5 aromatic rings. The quantitative estimate of drug-likeness (QED) is 0.292.